The first-order chi connectivity index (χ1) is 27.6. The molecule has 8 heteroatoms. The number of ketones is 3. The van der Waals surface area contributed by atoms with Crippen molar-refractivity contribution in [1.29, 1.82) is 0 Å². The Bertz CT molecular complexity index is 1240. The van der Waals surface area contributed by atoms with Crippen LogP contribution < -0.4 is 4.74 Å². The van der Waals surface area contributed by atoms with Crippen LogP contribution >= 0.6 is 0 Å². The Labute approximate surface area is 346 Å². The number of Topliss-reactive ketones (excluding diaryl/α,β-unsaturated/α-hetero) is 2. The summed E-state index contributed by atoms with van der Waals surface area (Å²) < 4.78 is 5.11. The molecule has 0 aliphatic carbocycles. The highest BCUT2D eigenvalue weighted by Gasteiger charge is 2.53. The molecule has 0 saturated heterocycles. The highest BCUT2D eigenvalue weighted by molar-refractivity contribution is 6.08. The average molecular weight is 797 g/mol. The van der Waals surface area contributed by atoms with Crippen molar-refractivity contribution in [2.75, 3.05) is 7.11 Å². The number of hydrogen-bond donors (Lipinski definition) is 4. The monoisotopic (exact) mass is 797 g/mol. The molecule has 1 aromatic rings. The molecule has 0 aromatic heterocycles. The Kier molecular flexibility index (Phi) is 30.9. The maximum absolute atomic E-state index is 13.5. The number of aliphatic hydroxyl groups is 3. The third-order valence-corrected chi connectivity index (χ3v) is 10.8. The second kappa shape index (κ2) is 33.9. The van der Waals surface area contributed by atoms with Crippen LogP contribution in [0.4, 0.5) is 0 Å². The van der Waals surface area contributed by atoms with Crippen LogP contribution in [0, 0.1) is 0 Å². The highest BCUT2D eigenvalue weighted by atomic mass is 16.5. The van der Waals surface area contributed by atoms with Crippen molar-refractivity contribution in [3.63, 3.8) is 0 Å². The summed E-state index contributed by atoms with van der Waals surface area (Å²) in [7, 11) is 1.38. The number of rotatable bonds is 38. The molecule has 0 saturated carbocycles. The van der Waals surface area contributed by atoms with Gasteiger partial charge in [0.2, 0.25) is 0 Å². The average Bonchev–Trinajstić information content (AvgIpc) is 3.22. The zero-order chi connectivity index (χ0) is 42.0. The molecular formula is C49H80O8. The third kappa shape index (κ3) is 23.2. The van der Waals surface area contributed by atoms with E-state index in [1.54, 1.807) is 0 Å². The predicted octanol–water partition coefficient (Wildman–Crippen LogP) is 11.6. The molecule has 1 rings (SSSR count). The summed E-state index contributed by atoms with van der Waals surface area (Å²) in [5.41, 5.74) is -2.63. The van der Waals surface area contributed by atoms with Gasteiger partial charge in [-0.3, -0.25) is 14.4 Å². The predicted molar refractivity (Wildman–Crippen MR) is 235 cm³/mol. The lowest BCUT2D eigenvalue weighted by Crippen LogP contribution is -2.62. The minimum atomic E-state index is -3.05. The lowest BCUT2D eigenvalue weighted by atomic mass is 9.79. The van der Waals surface area contributed by atoms with Gasteiger partial charge in [0.1, 0.15) is 0 Å². The molecule has 4 N–H and O–H groups in total. The van der Waals surface area contributed by atoms with Crippen molar-refractivity contribution in [3.8, 4) is 11.5 Å². The van der Waals surface area contributed by atoms with Crippen LogP contribution in [-0.2, 0) is 14.4 Å². The zero-order valence-electron chi connectivity index (χ0n) is 36.1. The van der Waals surface area contributed by atoms with Crippen LogP contribution in [0.5, 0.6) is 11.5 Å². The number of aliphatic hydroxyl groups excluding tert-OH is 2. The van der Waals surface area contributed by atoms with Gasteiger partial charge >= 0.3 is 0 Å². The summed E-state index contributed by atoms with van der Waals surface area (Å²) in [6.07, 6.45) is 34.8. The Hall–Kier alpha value is -3.07. The molecule has 1 aromatic carbocycles. The molecule has 0 radical (unpaired) electrons. The van der Waals surface area contributed by atoms with Gasteiger partial charge < -0.3 is 25.2 Å². The molecule has 0 bridgehead atoms. The number of methoxy groups -OCH3 is 1. The Balaban J connectivity index is 2.64. The van der Waals surface area contributed by atoms with Crippen molar-refractivity contribution < 1.29 is 39.5 Å². The molecule has 0 spiro atoms. The molecule has 0 heterocycles. The number of phenols is 1. The zero-order valence-corrected chi connectivity index (χ0v) is 36.1. The van der Waals surface area contributed by atoms with E-state index in [4.69, 9.17) is 4.74 Å². The van der Waals surface area contributed by atoms with Crippen LogP contribution in [0.1, 0.15) is 199 Å². The van der Waals surface area contributed by atoms with Crippen molar-refractivity contribution in [2.45, 2.75) is 211 Å². The van der Waals surface area contributed by atoms with Gasteiger partial charge in [0.25, 0.3) is 0 Å². The number of benzene rings is 1. The molecule has 0 amide bonds. The number of hydrogen-bond acceptors (Lipinski definition) is 8. The van der Waals surface area contributed by atoms with E-state index in [9.17, 15) is 34.8 Å². The fourth-order valence-electron chi connectivity index (χ4n) is 7.03. The lowest BCUT2D eigenvalue weighted by Gasteiger charge is -2.33. The Morgan fingerprint density at radius 2 is 0.965 bits per heavy atom. The fraction of sp³-hybridized carbons (Fsp3) is 0.694. The van der Waals surface area contributed by atoms with Gasteiger partial charge in [0, 0.05) is 12.8 Å². The Morgan fingerprint density at radius 1 is 0.596 bits per heavy atom. The van der Waals surface area contributed by atoms with Crippen molar-refractivity contribution in [1.82, 2.24) is 0 Å². The maximum atomic E-state index is 13.5. The smallest absolute Gasteiger partial charge is 0.193 e. The molecule has 324 valence electrons. The third-order valence-electron chi connectivity index (χ3n) is 10.8. The van der Waals surface area contributed by atoms with Gasteiger partial charge in [-0.25, -0.2) is 0 Å². The summed E-state index contributed by atoms with van der Waals surface area (Å²) in [6.45, 7) is 4.46. The van der Waals surface area contributed by atoms with E-state index in [1.165, 1.54) is 108 Å². The number of unbranched alkanes of at least 4 members (excludes halogenated alkanes) is 22. The van der Waals surface area contributed by atoms with E-state index in [-0.39, 0.29) is 24.3 Å². The van der Waals surface area contributed by atoms with Crippen LogP contribution in [0.3, 0.4) is 0 Å². The van der Waals surface area contributed by atoms with Gasteiger partial charge in [-0.15, -0.1) is 0 Å². The number of phenolic OH excluding ortho intramolecular Hbond substituents is 1. The van der Waals surface area contributed by atoms with E-state index < -0.39 is 35.2 Å². The van der Waals surface area contributed by atoms with Gasteiger partial charge in [-0.2, -0.15) is 0 Å². The maximum Gasteiger partial charge on any atom is 0.193 e. The SMILES string of the molecule is CCCCCCCC/C=C\CCCCCCCC(=O)C(O)C(O)(C(=O)/C=C/c1ccc(O)c(OC)c1)C(O)C(=O)CCCCCCC/C=C\CCCCCCCC. The van der Waals surface area contributed by atoms with E-state index in [0.29, 0.717) is 18.4 Å². The molecule has 8 nitrogen and oxygen atoms in total. The fourth-order valence-corrected chi connectivity index (χ4v) is 7.03. The molecule has 2 atom stereocenters. The first-order valence-electron chi connectivity index (χ1n) is 22.7. The lowest BCUT2D eigenvalue weighted by molar-refractivity contribution is -0.178. The summed E-state index contributed by atoms with van der Waals surface area (Å²) in [4.78, 5) is 39.9. The van der Waals surface area contributed by atoms with E-state index in [1.807, 2.05) is 0 Å². The minimum absolute atomic E-state index is 0.0943. The second-order valence-electron chi connectivity index (χ2n) is 15.9. The standard InChI is InChI=1S/C49H80O8/c1-4-6-8-10-12-14-16-18-20-22-24-26-28-30-32-34-43(51)47(54)49(56,46(53)39-37-41-36-38-42(50)45(40-41)57-3)48(55)44(52)35-33-31-29-27-25-23-21-19-17-15-13-11-9-7-5-2/h18-21,36-40,47-48,50,54-56H,4-17,22-35H2,1-3H3/b20-18-,21-19-,39-37+. The molecule has 2 unspecified atom stereocenters. The summed E-state index contributed by atoms with van der Waals surface area (Å²) in [5, 5.41) is 43.8. The molecular weight excluding hydrogens is 717 g/mol. The Morgan fingerprint density at radius 3 is 1.35 bits per heavy atom. The largest absolute Gasteiger partial charge is 0.504 e. The van der Waals surface area contributed by atoms with Gasteiger partial charge in [-0.1, -0.05) is 153 Å². The van der Waals surface area contributed by atoms with E-state index >= 15 is 0 Å². The van der Waals surface area contributed by atoms with Gasteiger partial charge in [0.15, 0.2) is 46.7 Å². The number of carbonyl (C=O) groups excluding carboxylic acids is 3. The van der Waals surface area contributed by atoms with Crippen molar-refractivity contribution >= 4 is 23.4 Å². The number of ether oxygens (including phenoxy) is 1. The quantitative estimate of drug-likeness (QED) is 0.0294. The van der Waals surface area contributed by atoms with Crippen LogP contribution in [0.15, 0.2) is 48.6 Å². The number of carbonyl (C=O) groups is 3. The normalized spacial score (nSPS) is 14.1. The van der Waals surface area contributed by atoms with Crippen LogP contribution in [0.25, 0.3) is 6.08 Å². The topological polar surface area (TPSA) is 141 Å². The molecule has 0 aliphatic rings. The van der Waals surface area contributed by atoms with Crippen LogP contribution in [0.2, 0.25) is 0 Å². The van der Waals surface area contributed by atoms with E-state index in [0.717, 1.165) is 83.1 Å². The van der Waals surface area contributed by atoms with E-state index in [2.05, 4.69) is 38.2 Å². The van der Waals surface area contributed by atoms with Crippen molar-refractivity contribution in [2.24, 2.45) is 0 Å². The van der Waals surface area contributed by atoms with Crippen LogP contribution in [-0.4, -0.2) is 62.7 Å². The highest BCUT2D eigenvalue weighted by Crippen LogP contribution is 2.28. The van der Waals surface area contributed by atoms with Gasteiger partial charge in [-0.05, 0) is 88.0 Å². The minimum Gasteiger partial charge on any atom is -0.504 e. The number of allylic oxidation sites excluding steroid dienone is 4. The number of aromatic hydroxyl groups is 1. The summed E-state index contributed by atoms with van der Waals surface area (Å²) >= 11 is 0. The molecule has 0 fully saturated rings. The summed E-state index contributed by atoms with van der Waals surface area (Å²) in [5.74, 6) is -2.70. The van der Waals surface area contributed by atoms with Gasteiger partial charge in [0.05, 0.1) is 7.11 Å². The van der Waals surface area contributed by atoms with Crippen molar-refractivity contribution in [3.05, 3.63) is 54.1 Å². The second-order valence-corrected chi connectivity index (χ2v) is 15.9. The molecule has 0 aliphatic heterocycles. The molecule has 57 heavy (non-hydrogen) atoms. The first-order valence-corrected chi connectivity index (χ1v) is 22.7. The summed E-state index contributed by atoms with van der Waals surface area (Å²) in [6, 6.07) is 4.33. The first kappa shape index (κ1) is 51.9.